The van der Waals surface area contributed by atoms with Crippen LogP contribution in [0, 0.1) is 0 Å². The average Bonchev–Trinajstić information content (AvgIpc) is 2.59. The molecule has 0 radical (unpaired) electrons. The second-order valence-electron chi connectivity index (χ2n) is 4.95. The van der Waals surface area contributed by atoms with Gasteiger partial charge < -0.3 is 5.32 Å². The first-order valence-corrected chi connectivity index (χ1v) is 6.33. The lowest BCUT2D eigenvalue weighted by Gasteiger charge is -2.42. The SMILES string of the molecule is CCCCN1CCCC12CCCNC2. The van der Waals surface area contributed by atoms with Crippen molar-refractivity contribution in [3.05, 3.63) is 0 Å². The molecule has 0 aliphatic carbocycles. The normalized spacial score (nSPS) is 34.1. The van der Waals surface area contributed by atoms with Gasteiger partial charge in [-0.25, -0.2) is 0 Å². The Morgan fingerprint density at radius 3 is 2.86 bits per heavy atom. The molecule has 2 heteroatoms. The van der Waals surface area contributed by atoms with E-state index in [1.54, 1.807) is 0 Å². The van der Waals surface area contributed by atoms with Gasteiger partial charge in [0.1, 0.15) is 0 Å². The van der Waals surface area contributed by atoms with Crippen LogP contribution in [0.3, 0.4) is 0 Å². The van der Waals surface area contributed by atoms with Gasteiger partial charge in [0.05, 0.1) is 0 Å². The molecule has 14 heavy (non-hydrogen) atoms. The first-order valence-electron chi connectivity index (χ1n) is 6.33. The summed E-state index contributed by atoms with van der Waals surface area (Å²) in [4.78, 5) is 2.77. The molecule has 0 saturated carbocycles. The zero-order valence-electron chi connectivity index (χ0n) is 9.52. The highest BCUT2D eigenvalue weighted by Gasteiger charge is 2.40. The molecule has 2 saturated heterocycles. The number of hydrogen-bond acceptors (Lipinski definition) is 2. The maximum Gasteiger partial charge on any atom is 0.0334 e. The fraction of sp³-hybridized carbons (Fsp3) is 1.00. The van der Waals surface area contributed by atoms with Crippen LogP contribution in [-0.2, 0) is 0 Å². The van der Waals surface area contributed by atoms with Crippen LogP contribution in [0.15, 0.2) is 0 Å². The van der Waals surface area contributed by atoms with Crippen molar-refractivity contribution < 1.29 is 0 Å². The quantitative estimate of drug-likeness (QED) is 0.743. The largest absolute Gasteiger partial charge is 0.315 e. The van der Waals surface area contributed by atoms with Crippen LogP contribution in [0.5, 0.6) is 0 Å². The van der Waals surface area contributed by atoms with Crippen LogP contribution in [0.25, 0.3) is 0 Å². The Balaban J connectivity index is 1.93. The lowest BCUT2D eigenvalue weighted by Crippen LogP contribution is -2.54. The van der Waals surface area contributed by atoms with E-state index in [9.17, 15) is 0 Å². The highest BCUT2D eigenvalue weighted by molar-refractivity contribution is 4.99. The van der Waals surface area contributed by atoms with Gasteiger partial charge >= 0.3 is 0 Å². The summed E-state index contributed by atoms with van der Waals surface area (Å²) in [6.07, 6.45) is 8.38. The Kier molecular flexibility index (Phi) is 3.45. The molecule has 1 spiro atoms. The van der Waals surface area contributed by atoms with Crippen LogP contribution in [0.2, 0.25) is 0 Å². The number of nitrogens with zero attached hydrogens (tertiary/aromatic N) is 1. The highest BCUT2D eigenvalue weighted by atomic mass is 15.2. The molecule has 2 aliphatic heterocycles. The van der Waals surface area contributed by atoms with Gasteiger partial charge in [0.2, 0.25) is 0 Å². The summed E-state index contributed by atoms with van der Waals surface area (Å²) >= 11 is 0. The molecule has 1 N–H and O–H groups in total. The van der Waals surface area contributed by atoms with E-state index in [0.29, 0.717) is 5.54 Å². The summed E-state index contributed by atoms with van der Waals surface area (Å²) < 4.78 is 0. The van der Waals surface area contributed by atoms with E-state index in [1.807, 2.05) is 0 Å². The maximum absolute atomic E-state index is 3.58. The average molecular weight is 196 g/mol. The minimum atomic E-state index is 0.563. The van der Waals surface area contributed by atoms with E-state index < -0.39 is 0 Å². The van der Waals surface area contributed by atoms with Crippen molar-refractivity contribution in [2.75, 3.05) is 26.2 Å². The van der Waals surface area contributed by atoms with Gasteiger partial charge in [-0.2, -0.15) is 0 Å². The van der Waals surface area contributed by atoms with Gasteiger partial charge in [-0.15, -0.1) is 0 Å². The monoisotopic (exact) mass is 196 g/mol. The second-order valence-corrected chi connectivity index (χ2v) is 4.95. The zero-order chi connectivity index (χ0) is 9.86. The molecule has 1 atom stereocenters. The van der Waals surface area contributed by atoms with E-state index in [-0.39, 0.29) is 0 Å². The molecule has 0 bridgehead atoms. The molecule has 82 valence electrons. The van der Waals surface area contributed by atoms with Gasteiger partial charge in [0.25, 0.3) is 0 Å². The third-order valence-corrected chi connectivity index (χ3v) is 3.97. The fourth-order valence-electron chi connectivity index (χ4n) is 3.13. The zero-order valence-corrected chi connectivity index (χ0v) is 9.52. The Morgan fingerprint density at radius 1 is 1.29 bits per heavy atom. The summed E-state index contributed by atoms with van der Waals surface area (Å²) in [6.45, 7) is 7.46. The summed E-state index contributed by atoms with van der Waals surface area (Å²) in [5, 5.41) is 3.58. The lowest BCUT2D eigenvalue weighted by atomic mass is 9.87. The van der Waals surface area contributed by atoms with E-state index in [4.69, 9.17) is 0 Å². The topological polar surface area (TPSA) is 15.3 Å². The van der Waals surface area contributed by atoms with Crippen molar-refractivity contribution in [1.82, 2.24) is 10.2 Å². The molecular weight excluding hydrogens is 172 g/mol. The third-order valence-electron chi connectivity index (χ3n) is 3.97. The van der Waals surface area contributed by atoms with Crippen molar-refractivity contribution >= 4 is 0 Å². The van der Waals surface area contributed by atoms with E-state index in [1.165, 1.54) is 64.7 Å². The van der Waals surface area contributed by atoms with Gasteiger partial charge in [0, 0.05) is 12.1 Å². The first kappa shape index (κ1) is 10.4. The van der Waals surface area contributed by atoms with E-state index >= 15 is 0 Å². The van der Waals surface area contributed by atoms with Crippen molar-refractivity contribution in [3.8, 4) is 0 Å². The lowest BCUT2D eigenvalue weighted by molar-refractivity contribution is 0.104. The molecule has 2 fully saturated rings. The maximum atomic E-state index is 3.58. The van der Waals surface area contributed by atoms with Gasteiger partial charge in [-0.3, -0.25) is 4.90 Å². The smallest absolute Gasteiger partial charge is 0.0334 e. The summed E-state index contributed by atoms with van der Waals surface area (Å²) in [6, 6.07) is 0. The number of unbranched alkanes of at least 4 members (excludes halogenated alkanes) is 1. The van der Waals surface area contributed by atoms with Crippen molar-refractivity contribution in [3.63, 3.8) is 0 Å². The fourth-order valence-corrected chi connectivity index (χ4v) is 3.13. The molecule has 1 unspecified atom stereocenters. The Hall–Kier alpha value is -0.0800. The van der Waals surface area contributed by atoms with Gasteiger partial charge in [0.15, 0.2) is 0 Å². The molecule has 0 aromatic heterocycles. The first-order chi connectivity index (χ1) is 6.87. The van der Waals surface area contributed by atoms with Crippen molar-refractivity contribution in [2.24, 2.45) is 0 Å². The Morgan fingerprint density at radius 2 is 2.14 bits per heavy atom. The number of rotatable bonds is 3. The molecule has 2 heterocycles. The summed E-state index contributed by atoms with van der Waals surface area (Å²) in [5.74, 6) is 0. The molecule has 0 aromatic rings. The Bertz CT molecular complexity index is 173. The third kappa shape index (κ3) is 1.96. The minimum absolute atomic E-state index is 0.563. The van der Waals surface area contributed by atoms with Crippen molar-refractivity contribution in [2.45, 2.75) is 51.0 Å². The van der Waals surface area contributed by atoms with Crippen LogP contribution in [0.1, 0.15) is 45.4 Å². The number of nitrogens with one attached hydrogen (secondary N) is 1. The molecule has 2 rings (SSSR count). The van der Waals surface area contributed by atoms with E-state index in [2.05, 4.69) is 17.1 Å². The predicted molar refractivity (Wildman–Crippen MR) is 60.5 cm³/mol. The molecule has 2 aliphatic rings. The van der Waals surface area contributed by atoms with Gasteiger partial charge in [-0.1, -0.05) is 13.3 Å². The highest BCUT2D eigenvalue weighted by Crippen LogP contribution is 2.34. The summed E-state index contributed by atoms with van der Waals surface area (Å²) in [5.41, 5.74) is 0.563. The molecular formula is C12H24N2. The second kappa shape index (κ2) is 4.63. The standard InChI is InChI=1S/C12H24N2/c1-2-3-9-14-10-5-7-12(14)6-4-8-13-11-12/h13H,2-11H2,1H3. The van der Waals surface area contributed by atoms with Crippen LogP contribution in [-0.4, -0.2) is 36.6 Å². The van der Waals surface area contributed by atoms with Crippen molar-refractivity contribution in [1.29, 1.82) is 0 Å². The summed E-state index contributed by atoms with van der Waals surface area (Å²) in [7, 11) is 0. The molecule has 0 amide bonds. The number of piperidine rings is 1. The minimum Gasteiger partial charge on any atom is -0.315 e. The van der Waals surface area contributed by atoms with Gasteiger partial charge in [-0.05, 0) is 51.7 Å². The predicted octanol–water partition coefficient (Wildman–Crippen LogP) is 2.00. The number of likely N-dealkylation sites (tertiary alicyclic amines) is 1. The van der Waals surface area contributed by atoms with Crippen LogP contribution >= 0.6 is 0 Å². The van der Waals surface area contributed by atoms with E-state index in [0.717, 1.165) is 0 Å². The number of hydrogen-bond donors (Lipinski definition) is 1. The van der Waals surface area contributed by atoms with Crippen LogP contribution in [0.4, 0.5) is 0 Å². The molecule has 0 aromatic carbocycles. The Labute approximate surface area is 88.1 Å². The van der Waals surface area contributed by atoms with Crippen LogP contribution < -0.4 is 5.32 Å². The molecule has 2 nitrogen and oxygen atoms in total.